The van der Waals surface area contributed by atoms with Crippen molar-refractivity contribution in [1.29, 1.82) is 0 Å². The van der Waals surface area contributed by atoms with E-state index in [4.69, 9.17) is 5.73 Å². The number of aryl methyl sites for hydroxylation is 3. The van der Waals surface area contributed by atoms with E-state index in [9.17, 15) is 0 Å². The Morgan fingerprint density at radius 2 is 1.88 bits per heavy atom. The minimum atomic E-state index is 0.808. The van der Waals surface area contributed by atoms with Crippen molar-refractivity contribution in [2.45, 2.75) is 34.2 Å². The Morgan fingerprint density at radius 3 is 2.41 bits per heavy atom. The Morgan fingerprint density at radius 1 is 1.18 bits per heavy atom. The van der Waals surface area contributed by atoms with Gasteiger partial charge in [-0.3, -0.25) is 4.68 Å². The first-order chi connectivity index (χ1) is 8.02. The second-order valence-electron chi connectivity index (χ2n) is 4.49. The van der Waals surface area contributed by atoms with Crippen molar-refractivity contribution in [3.63, 3.8) is 0 Å². The smallest absolute Gasteiger partial charge is 0.0674 e. The van der Waals surface area contributed by atoms with Crippen LogP contribution in [0.5, 0.6) is 0 Å². The van der Waals surface area contributed by atoms with Crippen LogP contribution in [0.15, 0.2) is 18.2 Å². The SMILES string of the molecule is CCn1nc(C)c(-c2cc(C)cc(N)c2)c1C. The van der Waals surface area contributed by atoms with Crippen LogP contribution in [0.4, 0.5) is 5.69 Å². The Kier molecular flexibility index (Phi) is 2.92. The van der Waals surface area contributed by atoms with Crippen LogP contribution in [0.3, 0.4) is 0 Å². The monoisotopic (exact) mass is 229 g/mol. The number of benzene rings is 1. The van der Waals surface area contributed by atoms with Gasteiger partial charge < -0.3 is 5.73 Å². The van der Waals surface area contributed by atoms with Crippen LogP contribution in [-0.2, 0) is 6.54 Å². The third-order valence-corrected chi connectivity index (χ3v) is 3.07. The van der Waals surface area contributed by atoms with Gasteiger partial charge in [0, 0.05) is 23.5 Å². The molecule has 0 aliphatic rings. The fourth-order valence-electron chi connectivity index (χ4n) is 2.38. The van der Waals surface area contributed by atoms with Crippen molar-refractivity contribution < 1.29 is 0 Å². The maximum absolute atomic E-state index is 5.91. The Bertz CT molecular complexity index is 533. The van der Waals surface area contributed by atoms with Gasteiger partial charge in [-0.2, -0.15) is 5.10 Å². The first-order valence-electron chi connectivity index (χ1n) is 5.94. The number of anilines is 1. The molecule has 0 atom stereocenters. The molecule has 2 N–H and O–H groups in total. The van der Waals surface area contributed by atoms with Gasteiger partial charge in [-0.1, -0.05) is 6.07 Å². The topological polar surface area (TPSA) is 43.8 Å². The van der Waals surface area contributed by atoms with Gasteiger partial charge in [-0.25, -0.2) is 0 Å². The van der Waals surface area contributed by atoms with E-state index in [1.165, 1.54) is 16.8 Å². The third kappa shape index (κ3) is 2.05. The zero-order valence-electron chi connectivity index (χ0n) is 10.9. The van der Waals surface area contributed by atoms with E-state index in [1.54, 1.807) is 0 Å². The van der Waals surface area contributed by atoms with E-state index < -0.39 is 0 Å². The van der Waals surface area contributed by atoms with E-state index in [2.05, 4.69) is 31.9 Å². The molecule has 0 saturated heterocycles. The van der Waals surface area contributed by atoms with Crippen LogP contribution in [0.1, 0.15) is 23.9 Å². The van der Waals surface area contributed by atoms with Gasteiger partial charge in [0.2, 0.25) is 0 Å². The first kappa shape index (κ1) is 11.7. The van der Waals surface area contributed by atoms with Crippen molar-refractivity contribution >= 4 is 5.69 Å². The minimum absolute atomic E-state index is 0.808. The van der Waals surface area contributed by atoms with Crippen LogP contribution in [0.25, 0.3) is 11.1 Å². The first-order valence-corrected chi connectivity index (χ1v) is 5.94. The largest absolute Gasteiger partial charge is 0.399 e. The van der Waals surface area contributed by atoms with Crippen molar-refractivity contribution in [1.82, 2.24) is 9.78 Å². The predicted octanol–water partition coefficient (Wildman–Crippen LogP) is 3.08. The van der Waals surface area contributed by atoms with Gasteiger partial charge in [0.05, 0.1) is 5.69 Å². The Labute approximate surface area is 102 Å². The maximum Gasteiger partial charge on any atom is 0.0674 e. The van der Waals surface area contributed by atoms with Crippen molar-refractivity contribution in [3.8, 4) is 11.1 Å². The van der Waals surface area contributed by atoms with Crippen LogP contribution in [0.2, 0.25) is 0 Å². The molecule has 3 heteroatoms. The summed E-state index contributed by atoms with van der Waals surface area (Å²) in [6.45, 7) is 9.22. The molecule has 0 unspecified atom stereocenters. The third-order valence-electron chi connectivity index (χ3n) is 3.07. The van der Waals surface area contributed by atoms with Crippen LogP contribution in [0, 0.1) is 20.8 Å². The van der Waals surface area contributed by atoms with Gasteiger partial charge in [0.15, 0.2) is 0 Å². The highest BCUT2D eigenvalue weighted by Crippen LogP contribution is 2.29. The molecule has 0 saturated carbocycles. The van der Waals surface area contributed by atoms with Gasteiger partial charge in [-0.05, 0) is 51.0 Å². The number of nitrogens with zero attached hydrogens (tertiary/aromatic N) is 2. The molecule has 0 bridgehead atoms. The average Bonchev–Trinajstić information content (AvgIpc) is 2.52. The summed E-state index contributed by atoms with van der Waals surface area (Å²) < 4.78 is 2.03. The molecule has 0 aliphatic carbocycles. The number of aromatic nitrogens is 2. The molecular formula is C14H19N3. The summed E-state index contributed by atoms with van der Waals surface area (Å²) in [5.41, 5.74) is 12.5. The lowest BCUT2D eigenvalue weighted by molar-refractivity contribution is 0.634. The molecule has 0 spiro atoms. The number of rotatable bonds is 2. The van der Waals surface area contributed by atoms with Gasteiger partial charge in [0.1, 0.15) is 0 Å². The zero-order chi connectivity index (χ0) is 12.6. The minimum Gasteiger partial charge on any atom is -0.399 e. The van der Waals surface area contributed by atoms with Crippen LogP contribution < -0.4 is 5.73 Å². The molecule has 1 aromatic heterocycles. The molecule has 0 radical (unpaired) electrons. The summed E-state index contributed by atoms with van der Waals surface area (Å²) >= 11 is 0. The normalized spacial score (nSPS) is 10.8. The summed E-state index contributed by atoms with van der Waals surface area (Å²) in [6.07, 6.45) is 0. The fourth-order valence-corrected chi connectivity index (χ4v) is 2.38. The predicted molar refractivity (Wildman–Crippen MR) is 72.0 cm³/mol. The van der Waals surface area contributed by atoms with Crippen molar-refractivity contribution in [2.24, 2.45) is 0 Å². The molecule has 90 valence electrons. The highest BCUT2D eigenvalue weighted by molar-refractivity contribution is 5.72. The number of nitrogen functional groups attached to an aromatic ring is 1. The summed E-state index contributed by atoms with van der Waals surface area (Å²) in [7, 11) is 0. The lowest BCUT2D eigenvalue weighted by Crippen LogP contribution is -1.98. The zero-order valence-corrected chi connectivity index (χ0v) is 10.9. The molecular weight excluding hydrogens is 210 g/mol. The van der Waals surface area contributed by atoms with Gasteiger partial charge in [-0.15, -0.1) is 0 Å². The Hall–Kier alpha value is -1.77. The lowest BCUT2D eigenvalue weighted by Gasteiger charge is -2.06. The molecule has 0 aliphatic heterocycles. The summed E-state index contributed by atoms with van der Waals surface area (Å²) in [6, 6.07) is 6.16. The second-order valence-corrected chi connectivity index (χ2v) is 4.49. The van der Waals surface area contributed by atoms with Crippen LogP contribution >= 0.6 is 0 Å². The molecule has 2 rings (SSSR count). The van der Waals surface area contributed by atoms with E-state index in [0.717, 1.165) is 23.5 Å². The maximum atomic E-state index is 5.91. The van der Waals surface area contributed by atoms with Crippen molar-refractivity contribution in [3.05, 3.63) is 35.2 Å². The summed E-state index contributed by atoms with van der Waals surface area (Å²) in [5.74, 6) is 0. The summed E-state index contributed by atoms with van der Waals surface area (Å²) in [5, 5.41) is 4.54. The molecule has 2 aromatic rings. The highest BCUT2D eigenvalue weighted by atomic mass is 15.3. The van der Waals surface area contributed by atoms with Gasteiger partial charge >= 0.3 is 0 Å². The number of hydrogen-bond donors (Lipinski definition) is 1. The molecule has 3 nitrogen and oxygen atoms in total. The van der Waals surface area contributed by atoms with E-state index in [-0.39, 0.29) is 0 Å². The average molecular weight is 229 g/mol. The fraction of sp³-hybridized carbons (Fsp3) is 0.357. The van der Waals surface area contributed by atoms with Crippen molar-refractivity contribution in [2.75, 3.05) is 5.73 Å². The lowest BCUT2D eigenvalue weighted by atomic mass is 10.0. The molecule has 1 aromatic carbocycles. The van der Waals surface area contributed by atoms with Gasteiger partial charge in [0.25, 0.3) is 0 Å². The van der Waals surface area contributed by atoms with Crippen LogP contribution in [-0.4, -0.2) is 9.78 Å². The van der Waals surface area contributed by atoms with E-state index in [0.29, 0.717) is 0 Å². The highest BCUT2D eigenvalue weighted by Gasteiger charge is 2.13. The quantitative estimate of drug-likeness (QED) is 0.804. The standard InChI is InChI=1S/C14H19N3/c1-5-17-11(4)14(10(3)16-17)12-6-9(2)7-13(15)8-12/h6-8H,5,15H2,1-4H3. The second kappa shape index (κ2) is 4.24. The number of hydrogen-bond acceptors (Lipinski definition) is 2. The molecule has 17 heavy (non-hydrogen) atoms. The Balaban J connectivity index is 2.63. The number of nitrogens with two attached hydrogens (primary N) is 1. The van der Waals surface area contributed by atoms with E-state index >= 15 is 0 Å². The molecule has 0 fully saturated rings. The summed E-state index contributed by atoms with van der Waals surface area (Å²) in [4.78, 5) is 0. The van der Waals surface area contributed by atoms with E-state index in [1.807, 2.05) is 23.7 Å². The molecule has 0 amide bonds. The molecule has 1 heterocycles.